The number of rotatable bonds is 2. The highest BCUT2D eigenvalue weighted by Gasteiger charge is 2.20. The van der Waals surface area contributed by atoms with Crippen molar-refractivity contribution >= 4 is 5.95 Å². The van der Waals surface area contributed by atoms with Gasteiger partial charge in [0.1, 0.15) is 0 Å². The smallest absolute Gasteiger partial charge is 0.242 e. The normalized spacial score (nSPS) is 27.6. The summed E-state index contributed by atoms with van der Waals surface area (Å²) < 4.78 is 1.62. The molecule has 2 rings (SSSR count). The van der Waals surface area contributed by atoms with Gasteiger partial charge in [0.05, 0.1) is 6.10 Å². The van der Waals surface area contributed by atoms with E-state index >= 15 is 0 Å². The van der Waals surface area contributed by atoms with Crippen LogP contribution in [-0.4, -0.2) is 37.5 Å². The Morgan fingerprint density at radius 1 is 1.36 bits per heavy atom. The lowest BCUT2D eigenvalue weighted by Gasteiger charge is -2.25. The second-order valence-corrected chi connectivity index (χ2v) is 3.78. The van der Waals surface area contributed by atoms with E-state index < -0.39 is 0 Å². The average molecular weight is 197 g/mol. The molecule has 1 aliphatic carbocycles. The van der Waals surface area contributed by atoms with Gasteiger partial charge in [0.15, 0.2) is 0 Å². The maximum Gasteiger partial charge on any atom is 0.242 e. The summed E-state index contributed by atoms with van der Waals surface area (Å²) in [4.78, 5) is 0. The molecule has 0 saturated heterocycles. The van der Waals surface area contributed by atoms with Crippen LogP contribution in [-0.2, 0) is 7.05 Å². The summed E-state index contributed by atoms with van der Waals surface area (Å²) >= 11 is 0. The monoisotopic (exact) mass is 197 g/mol. The van der Waals surface area contributed by atoms with Crippen molar-refractivity contribution < 1.29 is 5.11 Å². The van der Waals surface area contributed by atoms with Gasteiger partial charge in [-0.15, -0.1) is 0 Å². The Labute approximate surface area is 82.3 Å². The first-order valence-electron chi connectivity index (χ1n) is 4.92. The summed E-state index contributed by atoms with van der Waals surface area (Å²) in [5.74, 6) is 0.700. The minimum atomic E-state index is -0.120. The molecule has 0 atom stereocenters. The van der Waals surface area contributed by atoms with Gasteiger partial charge >= 0.3 is 0 Å². The molecule has 6 nitrogen and oxygen atoms in total. The second-order valence-electron chi connectivity index (χ2n) is 3.78. The largest absolute Gasteiger partial charge is 0.393 e. The minimum absolute atomic E-state index is 0.120. The van der Waals surface area contributed by atoms with Crippen LogP contribution >= 0.6 is 0 Å². The van der Waals surface area contributed by atoms with Crippen molar-refractivity contribution in [2.45, 2.75) is 37.8 Å². The van der Waals surface area contributed by atoms with Gasteiger partial charge in [0.25, 0.3) is 0 Å². The topological polar surface area (TPSA) is 75.9 Å². The molecule has 6 heteroatoms. The summed E-state index contributed by atoms with van der Waals surface area (Å²) in [6.07, 6.45) is 3.57. The molecule has 0 amide bonds. The second kappa shape index (κ2) is 3.91. The van der Waals surface area contributed by atoms with E-state index in [4.69, 9.17) is 0 Å². The molecule has 0 bridgehead atoms. The van der Waals surface area contributed by atoms with Crippen LogP contribution in [0.1, 0.15) is 25.7 Å². The van der Waals surface area contributed by atoms with Gasteiger partial charge in [-0.25, -0.2) is 4.68 Å². The summed E-state index contributed by atoms with van der Waals surface area (Å²) in [5, 5.41) is 23.8. The molecule has 0 aliphatic heterocycles. The zero-order chi connectivity index (χ0) is 9.97. The summed E-state index contributed by atoms with van der Waals surface area (Å²) in [5.41, 5.74) is 0. The van der Waals surface area contributed by atoms with Gasteiger partial charge in [-0.2, -0.15) is 0 Å². The molecular weight excluding hydrogens is 182 g/mol. The molecular formula is C8H15N5O. The van der Waals surface area contributed by atoms with Crippen LogP contribution in [0, 0.1) is 0 Å². The number of aryl methyl sites for hydroxylation is 1. The van der Waals surface area contributed by atoms with Gasteiger partial charge in [-0.1, -0.05) is 5.10 Å². The van der Waals surface area contributed by atoms with Crippen molar-refractivity contribution in [3.05, 3.63) is 0 Å². The number of hydrogen-bond donors (Lipinski definition) is 2. The predicted octanol–water partition coefficient (Wildman–Crippen LogP) is -0.0745. The van der Waals surface area contributed by atoms with Crippen molar-refractivity contribution in [2.24, 2.45) is 7.05 Å². The minimum Gasteiger partial charge on any atom is -0.393 e. The SMILES string of the molecule is Cn1nnnc1NC1CCC(O)CC1. The van der Waals surface area contributed by atoms with Crippen molar-refractivity contribution in [3.63, 3.8) is 0 Å². The fourth-order valence-corrected chi connectivity index (χ4v) is 1.75. The van der Waals surface area contributed by atoms with Crippen molar-refractivity contribution in [2.75, 3.05) is 5.32 Å². The number of anilines is 1. The Morgan fingerprint density at radius 2 is 2.07 bits per heavy atom. The lowest BCUT2D eigenvalue weighted by Crippen LogP contribution is -2.29. The molecule has 14 heavy (non-hydrogen) atoms. The molecule has 1 fully saturated rings. The number of tetrazole rings is 1. The molecule has 78 valence electrons. The Balaban J connectivity index is 1.89. The van der Waals surface area contributed by atoms with Crippen molar-refractivity contribution in [1.82, 2.24) is 20.2 Å². The number of aromatic nitrogens is 4. The quantitative estimate of drug-likeness (QED) is 0.694. The third-order valence-electron chi connectivity index (χ3n) is 2.65. The van der Waals surface area contributed by atoms with Crippen LogP contribution in [0.3, 0.4) is 0 Å². The number of nitrogens with zero attached hydrogens (tertiary/aromatic N) is 4. The molecule has 0 radical (unpaired) electrons. The van der Waals surface area contributed by atoms with Gasteiger partial charge in [0, 0.05) is 13.1 Å². The summed E-state index contributed by atoms with van der Waals surface area (Å²) in [7, 11) is 1.81. The highest BCUT2D eigenvalue weighted by molar-refractivity contribution is 5.23. The first kappa shape index (κ1) is 9.39. The van der Waals surface area contributed by atoms with Gasteiger partial charge in [0.2, 0.25) is 5.95 Å². The molecule has 0 unspecified atom stereocenters. The maximum absolute atomic E-state index is 9.33. The van der Waals surface area contributed by atoms with Gasteiger partial charge < -0.3 is 10.4 Å². The Hall–Kier alpha value is -1.17. The molecule has 1 aliphatic rings. The summed E-state index contributed by atoms with van der Waals surface area (Å²) in [6, 6.07) is 0.392. The molecule has 1 saturated carbocycles. The van der Waals surface area contributed by atoms with E-state index in [1.165, 1.54) is 0 Å². The molecule has 1 aromatic heterocycles. The van der Waals surface area contributed by atoms with Crippen molar-refractivity contribution in [1.29, 1.82) is 0 Å². The fourth-order valence-electron chi connectivity index (χ4n) is 1.75. The lowest BCUT2D eigenvalue weighted by atomic mass is 9.93. The van der Waals surface area contributed by atoms with E-state index in [1.807, 2.05) is 0 Å². The maximum atomic E-state index is 9.33. The average Bonchev–Trinajstić information content (AvgIpc) is 2.56. The number of hydrogen-bond acceptors (Lipinski definition) is 5. The van der Waals surface area contributed by atoms with E-state index in [9.17, 15) is 5.11 Å². The zero-order valence-electron chi connectivity index (χ0n) is 8.22. The Bertz CT molecular complexity index is 292. The Morgan fingerprint density at radius 3 is 2.64 bits per heavy atom. The molecule has 2 N–H and O–H groups in total. The summed E-state index contributed by atoms with van der Waals surface area (Å²) in [6.45, 7) is 0. The van der Waals surface area contributed by atoms with Crippen LogP contribution < -0.4 is 5.32 Å². The number of aliphatic hydroxyl groups excluding tert-OH is 1. The molecule has 1 aromatic rings. The molecule has 1 heterocycles. The number of nitrogens with one attached hydrogen (secondary N) is 1. The van der Waals surface area contributed by atoms with Gasteiger partial charge in [-0.3, -0.25) is 0 Å². The van der Waals surface area contributed by atoms with Crippen LogP contribution in [0.25, 0.3) is 0 Å². The van der Waals surface area contributed by atoms with E-state index in [0.29, 0.717) is 12.0 Å². The molecule has 0 aromatic carbocycles. The third-order valence-corrected chi connectivity index (χ3v) is 2.65. The van der Waals surface area contributed by atoms with Crippen LogP contribution in [0.15, 0.2) is 0 Å². The highest BCUT2D eigenvalue weighted by atomic mass is 16.3. The first-order valence-corrected chi connectivity index (χ1v) is 4.92. The zero-order valence-corrected chi connectivity index (χ0v) is 8.22. The Kier molecular flexibility index (Phi) is 2.62. The fraction of sp³-hybridized carbons (Fsp3) is 0.875. The van der Waals surface area contributed by atoms with Gasteiger partial charge in [-0.05, 0) is 36.1 Å². The van der Waals surface area contributed by atoms with E-state index in [1.54, 1.807) is 11.7 Å². The highest BCUT2D eigenvalue weighted by Crippen LogP contribution is 2.20. The third kappa shape index (κ3) is 2.01. The van der Waals surface area contributed by atoms with E-state index in [-0.39, 0.29) is 6.10 Å². The first-order chi connectivity index (χ1) is 6.75. The predicted molar refractivity (Wildman–Crippen MR) is 50.7 cm³/mol. The van der Waals surface area contributed by atoms with Crippen LogP contribution in [0.4, 0.5) is 5.95 Å². The molecule has 0 spiro atoms. The van der Waals surface area contributed by atoms with E-state index in [0.717, 1.165) is 25.7 Å². The number of aliphatic hydroxyl groups is 1. The van der Waals surface area contributed by atoms with Crippen LogP contribution in [0.5, 0.6) is 0 Å². The standard InChI is InChI=1S/C8H15N5O/c1-13-8(10-11-12-13)9-6-2-4-7(14)5-3-6/h6-7,14H,2-5H2,1H3,(H,9,10,12). The van der Waals surface area contributed by atoms with Crippen LogP contribution in [0.2, 0.25) is 0 Å². The van der Waals surface area contributed by atoms with E-state index in [2.05, 4.69) is 20.8 Å². The lowest BCUT2D eigenvalue weighted by molar-refractivity contribution is 0.126. The van der Waals surface area contributed by atoms with Crippen molar-refractivity contribution in [3.8, 4) is 0 Å².